The number of nitrogens with one attached hydrogen (secondary N) is 1. The molecule has 2 aromatic rings. The number of aryl methyl sites for hydroxylation is 2. The molecule has 0 fully saturated rings. The summed E-state index contributed by atoms with van der Waals surface area (Å²) in [5, 5.41) is 1.88. The number of benzene rings is 2. The molecule has 2 aromatic carbocycles. The molecule has 3 rings (SSSR count). The highest BCUT2D eigenvalue weighted by Crippen LogP contribution is 2.45. The van der Waals surface area contributed by atoms with E-state index < -0.39 is 36.3 Å². The van der Waals surface area contributed by atoms with Crippen LogP contribution in [0.2, 0.25) is 20.1 Å². The molecule has 0 radical (unpaired) electrons. The summed E-state index contributed by atoms with van der Waals surface area (Å²) in [5.74, 6) is -3.18. The minimum atomic E-state index is -1.30. The number of hydrogen-bond donors (Lipinski definition) is 1. The van der Waals surface area contributed by atoms with E-state index in [1.54, 1.807) is 6.07 Å². The maximum atomic E-state index is 13.2. The van der Waals surface area contributed by atoms with E-state index in [1.165, 1.54) is 0 Å². The van der Waals surface area contributed by atoms with Gasteiger partial charge in [0.25, 0.3) is 17.7 Å². The molecule has 0 unspecified atom stereocenters. The smallest absolute Gasteiger partial charge is 0.329 e. The van der Waals surface area contributed by atoms with Crippen LogP contribution in [0.1, 0.15) is 58.0 Å². The SMILES string of the molecule is CCCC[C@@H](C(=O)OCC(=O)Nc1cc(C)c(Br)cc1C)N1C(=O)c2c(Cl)c(Cl)c(Cl)c(Cl)c2C1=O. The van der Waals surface area contributed by atoms with E-state index in [2.05, 4.69) is 21.2 Å². The normalized spacial score (nSPS) is 13.6. The molecule has 36 heavy (non-hydrogen) atoms. The average molecular weight is 639 g/mol. The number of hydrogen-bond acceptors (Lipinski definition) is 5. The third kappa shape index (κ3) is 5.53. The van der Waals surface area contributed by atoms with Gasteiger partial charge in [-0.25, -0.2) is 4.79 Å². The van der Waals surface area contributed by atoms with Crippen LogP contribution in [0.3, 0.4) is 0 Å². The molecule has 0 saturated carbocycles. The average Bonchev–Trinajstić information content (AvgIpc) is 3.09. The summed E-state index contributed by atoms with van der Waals surface area (Å²) in [7, 11) is 0. The molecule has 0 saturated heterocycles. The Hall–Kier alpha value is -1.84. The fraction of sp³-hybridized carbons (Fsp3) is 0.333. The second-order valence-corrected chi connectivity index (χ2v) is 10.6. The van der Waals surface area contributed by atoms with Gasteiger partial charge in [0.05, 0.1) is 31.2 Å². The number of imide groups is 1. The second-order valence-electron chi connectivity index (χ2n) is 8.22. The molecule has 192 valence electrons. The van der Waals surface area contributed by atoms with E-state index in [-0.39, 0.29) is 37.6 Å². The summed E-state index contributed by atoms with van der Waals surface area (Å²) in [6, 6.07) is 2.34. The number of esters is 1. The summed E-state index contributed by atoms with van der Waals surface area (Å²) in [4.78, 5) is 52.7. The molecule has 0 aromatic heterocycles. The van der Waals surface area contributed by atoms with E-state index in [0.717, 1.165) is 20.5 Å². The summed E-state index contributed by atoms with van der Waals surface area (Å²) >= 11 is 28.0. The van der Waals surface area contributed by atoms with Crippen molar-refractivity contribution in [3.05, 3.63) is 58.9 Å². The molecular formula is C24H21BrCl4N2O5. The van der Waals surface area contributed by atoms with E-state index >= 15 is 0 Å². The van der Waals surface area contributed by atoms with Crippen molar-refractivity contribution in [3.63, 3.8) is 0 Å². The molecule has 0 spiro atoms. The van der Waals surface area contributed by atoms with Crippen LogP contribution in [0.4, 0.5) is 5.69 Å². The van der Waals surface area contributed by atoms with Gasteiger partial charge in [0, 0.05) is 10.2 Å². The zero-order chi connectivity index (χ0) is 26.9. The summed E-state index contributed by atoms with van der Waals surface area (Å²) < 4.78 is 6.12. The van der Waals surface area contributed by atoms with Gasteiger partial charge in [-0.3, -0.25) is 19.3 Å². The zero-order valence-electron chi connectivity index (χ0n) is 19.4. The lowest BCUT2D eigenvalue weighted by Crippen LogP contribution is -2.46. The lowest BCUT2D eigenvalue weighted by atomic mass is 10.1. The second kappa shape index (κ2) is 11.7. The first-order valence-corrected chi connectivity index (χ1v) is 13.2. The first-order chi connectivity index (χ1) is 16.9. The quantitative estimate of drug-likeness (QED) is 0.145. The molecule has 0 bridgehead atoms. The molecule has 1 N–H and O–H groups in total. The highest BCUT2D eigenvalue weighted by molar-refractivity contribution is 9.10. The maximum absolute atomic E-state index is 13.2. The summed E-state index contributed by atoms with van der Waals surface area (Å²) in [6.07, 6.45) is 1.29. The topological polar surface area (TPSA) is 92.8 Å². The molecule has 1 aliphatic rings. The van der Waals surface area contributed by atoms with Crippen LogP contribution in [0.15, 0.2) is 16.6 Å². The monoisotopic (exact) mass is 636 g/mol. The van der Waals surface area contributed by atoms with E-state index in [9.17, 15) is 19.2 Å². The van der Waals surface area contributed by atoms with E-state index in [1.807, 2.05) is 26.8 Å². The molecular weight excluding hydrogens is 618 g/mol. The van der Waals surface area contributed by atoms with Gasteiger partial charge in [0.2, 0.25) is 0 Å². The Labute approximate surface area is 236 Å². The number of amides is 3. The standard InChI is InChI=1S/C24H21BrCl4N2O5/c1-4-5-6-14(24(35)36-9-15(32)30-13-8-10(2)12(25)7-11(13)3)31-22(33)16-17(23(31)34)19(27)21(29)20(28)18(16)26/h7-8,14H,4-6,9H2,1-3H3,(H,30,32)/t14-/m0/s1. The van der Waals surface area contributed by atoms with Gasteiger partial charge in [-0.15, -0.1) is 0 Å². The minimum absolute atomic E-state index is 0.115. The van der Waals surface area contributed by atoms with Crippen molar-refractivity contribution >= 4 is 91.7 Å². The number of carbonyl (C=O) groups is 4. The number of unbranched alkanes of at least 4 members (excludes halogenated alkanes) is 1. The summed E-state index contributed by atoms with van der Waals surface area (Å²) in [6.45, 7) is 4.97. The van der Waals surface area contributed by atoms with E-state index in [4.69, 9.17) is 51.1 Å². The van der Waals surface area contributed by atoms with Crippen molar-refractivity contribution < 1.29 is 23.9 Å². The number of carbonyl (C=O) groups excluding carboxylic acids is 4. The molecule has 0 aliphatic carbocycles. The van der Waals surface area contributed by atoms with Crippen LogP contribution in [0, 0.1) is 13.8 Å². The Kier molecular flexibility index (Phi) is 9.33. The Morgan fingerprint density at radius 1 is 0.972 bits per heavy atom. The lowest BCUT2D eigenvalue weighted by Gasteiger charge is -2.24. The van der Waals surface area contributed by atoms with Crippen molar-refractivity contribution in [2.24, 2.45) is 0 Å². The highest BCUT2D eigenvalue weighted by atomic mass is 79.9. The third-order valence-corrected chi connectivity index (χ3v) is 8.33. The molecule has 1 aliphatic heterocycles. The van der Waals surface area contributed by atoms with Crippen molar-refractivity contribution in [1.29, 1.82) is 0 Å². The fourth-order valence-corrected chi connectivity index (χ4v) is 5.21. The van der Waals surface area contributed by atoms with Gasteiger partial charge in [-0.05, 0) is 43.5 Å². The predicted molar refractivity (Wildman–Crippen MR) is 143 cm³/mol. The van der Waals surface area contributed by atoms with Gasteiger partial charge >= 0.3 is 5.97 Å². The number of ether oxygens (including phenoxy) is 1. The maximum Gasteiger partial charge on any atom is 0.329 e. The number of fused-ring (bicyclic) bond motifs is 1. The molecule has 7 nitrogen and oxygen atoms in total. The van der Waals surface area contributed by atoms with Crippen molar-refractivity contribution in [2.75, 3.05) is 11.9 Å². The van der Waals surface area contributed by atoms with Gasteiger partial charge in [-0.2, -0.15) is 0 Å². The van der Waals surface area contributed by atoms with Crippen LogP contribution in [0.5, 0.6) is 0 Å². The Morgan fingerprint density at radius 2 is 1.53 bits per heavy atom. The van der Waals surface area contributed by atoms with Gasteiger partial charge in [-0.1, -0.05) is 82.1 Å². The first kappa shape index (κ1) is 28.7. The largest absolute Gasteiger partial charge is 0.454 e. The molecule has 1 heterocycles. The van der Waals surface area contributed by atoms with Crippen LogP contribution >= 0.6 is 62.3 Å². The fourth-order valence-electron chi connectivity index (χ4n) is 3.73. The minimum Gasteiger partial charge on any atom is -0.454 e. The lowest BCUT2D eigenvalue weighted by molar-refractivity contribution is -0.151. The highest BCUT2D eigenvalue weighted by Gasteiger charge is 2.47. The molecule has 3 amide bonds. The number of nitrogens with zero attached hydrogens (tertiary/aromatic N) is 1. The third-order valence-electron chi connectivity index (χ3n) is 5.67. The molecule has 1 atom stereocenters. The van der Waals surface area contributed by atoms with Gasteiger partial charge in [0.1, 0.15) is 6.04 Å². The van der Waals surface area contributed by atoms with Crippen LogP contribution in [0.25, 0.3) is 0 Å². The van der Waals surface area contributed by atoms with Gasteiger partial charge < -0.3 is 10.1 Å². The molecule has 12 heteroatoms. The zero-order valence-corrected chi connectivity index (χ0v) is 24.0. The van der Waals surface area contributed by atoms with Crippen LogP contribution in [-0.2, 0) is 14.3 Å². The van der Waals surface area contributed by atoms with E-state index in [0.29, 0.717) is 18.5 Å². The van der Waals surface area contributed by atoms with Gasteiger partial charge in [0.15, 0.2) is 6.61 Å². The first-order valence-electron chi connectivity index (χ1n) is 10.9. The van der Waals surface area contributed by atoms with Crippen LogP contribution < -0.4 is 5.32 Å². The van der Waals surface area contributed by atoms with Crippen molar-refractivity contribution in [1.82, 2.24) is 4.90 Å². The van der Waals surface area contributed by atoms with Crippen LogP contribution in [-0.4, -0.2) is 41.2 Å². The Balaban J connectivity index is 1.81. The Morgan fingerprint density at radius 3 is 2.06 bits per heavy atom. The summed E-state index contributed by atoms with van der Waals surface area (Å²) in [5.41, 5.74) is 1.84. The van der Waals surface area contributed by atoms with Crippen molar-refractivity contribution in [2.45, 2.75) is 46.1 Å². The number of halogens is 5. The number of anilines is 1. The predicted octanol–water partition coefficient (Wildman–Crippen LogP) is 7.02. The number of rotatable bonds is 8. The Bertz CT molecular complexity index is 1240. The van der Waals surface area contributed by atoms with Crippen molar-refractivity contribution in [3.8, 4) is 0 Å².